The van der Waals surface area contributed by atoms with Crippen LogP contribution in [0.1, 0.15) is 28.6 Å². The lowest BCUT2D eigenvalue weighted by Crippen LogP contribution is -2.21. The Morgan fingerprint density at radius 2 is 1.96 bits per heavy atom. The molecule has 5 nitrogen and oxygen atoms in total. The van der Waals surface area contributed by atoms with Gasteiger partial charge in [0.2, 0.25) is 5.91 Å². The molecule has 2 rings (SSSR count). The zero-order valence-corrected chi connectivity index (χ0v) is 13.9. The second-order valence-corrected chi connectivity index (χ2v) is 6.02. The average molecular weight is 369 g/mol. The maximum absolute atomic E-state index is 12.6. The SMILES string of the molecule is C/C(CC(=O)Nc1cccc(C(F)(F)F)c1)=N/NC(=O)c1cccs1. The number of halogens is 3. The molecule has 132 valence electrons. The van der Waals surface area contributed by atoms with Crippen LogP contribution in [0.5, 0.6) is 0 Å². The molecule has 0 saturated heterocycles. The number of amides is 2. The molecule has 0 spiro atoms. The van der Waals surface area contributed by atoms with E-state index in [0.29, 0.717) is 10.6 Å². The molecule has 0 fully saturated rings. The number of nitrogens with one attached hydrogen (secondary N) is 2. The van der Waals surface area contributed by atoms with E-state index < -0.39 is 23.6 Å². The second kappa shape index (κ2) is 7.93. The van der Waals surface area contributed by atoms with Gasteiger partial charge in [0.05, 0.1) is 16.9 Å². The van der Waals surface area contributed by atoms with E-state index in [0.717, 1.165) is 12.1 Å². The average Bonchev–Trinajstić information content (AvgIpc) is 3.06. The van der Waals surface area contributed by atoms with Crippen LogP contribution in [0.15, 0.2) is 46.9 Å². The summed E-state index contributed by atoms with van der Waals surface area (Å²) in [5, 5.41) is 7.92. The number of rotatable bonds is 5. The van der Waals surface area contributed by atoms with Crippen molar-refractivity contribution in [1.82, 2.24) is 5.43 Å². The summed E-state index contributed by atoms with van der Waals surface area (Å²) in [7, 11) is 0. The molecule has 0 aliphatic carbocycles. The van der Waals surface area contributed by atoms with Crippen molar-refractivity contribution in [1.29, 1.82) is 0 Å². The van der Waals surface area contributed by atoms with Gasteiger partial charge in [0.15, 0.2) is 0 Å². The van der Waals surface area contributed by atoms with E-state index in [9.17, 15) is 22.8 Å². The van der Waals surface area contributed by atoms with Gasteiger partial charge in [0.1, 0.15) is 0 Å². The quantitative estimate of drug-likeness (QED) is 0.620. The third-order valence-electron chi connectivity index (χ3n) is 2.98. The van der Waals surface area contributed by atoms with Gasteiger partial charge in [0, 0.05) is 11.4 Å². The Morgan fingerprint density at radius 3 is 2.60 bits per heavy atom. The smallest absolute Gasteiger partial charge is 0.326 e. The van der Waals surface area contributed by atoms with E-state index >= 15 is 0 Å². The summed E-state index contributed by atoms with van der Waals surface area (Å²) in [5.41, 5.74) is 1.82. The minimum Gasteiger partial charge on any atom is -0.326 e. The lowest BCUT2D eigenvalue weighted by atomic mass is 10.2. The van der Waals surface area contributed by atoms with Crippen molar-refractivity contribution in [3.63, 3.8) is 0 Å². The van der Waals surface area contributed by atoms with E-state index in [2.05, 4.69) is 15.8 Å². The highest BCUT2D eigenvalue weighted by Gasteiger charge is 2.30. The van der Waals surface area contributed by atoms with Crippen LogP contribution in [0.3, 0.4) is 0 Å². The number of nitrogens with zero attached hydrogens (tertiary/aromatic N) is 1. The summed E-state index contributed by atoms with van der Waals surface area (Å²) in [5.74, 6) is -0.932. The fourth-order valence-corrected chi connectivity index (χ4v) is 2.47. The summed E-state index contributed by atoms with van der Waals surface area (Å²) < 4.78 is 37.9. The molecule has 0 bridgehead atoms. The van der Waals surface area contributed by atoms with Crippen molar-refractivity contribution >= 4 is 34.6 Å². The molecule has 1 heterocycles. The number of anilines is 1. The molecule has 0 atom stereocenters. The predicted molar refractivity (Wildman–Crippen MR) is 89.6 cm³/mol. The number of carbonyl (C=O) groups is 2. The van der Waals surface area contributed by atoms with Crippen LogP contribution in [-0.2, 0) is 11.0 Å². The largest absolute Gasteiger partial charge is 0.416 e. The van der Waals surface area contributed by atoms with Gasteiger partial charge >= 0.3 is 6.18 Å². The van der Waals surface area contributed by atoms with E-state index in [1.165, 1.54) is 30.4 Å². The van der Waals surface area contributed by atoms with Crippen molar-refractivity contribution in [2.24, 2.45) is 5.10 Å². The Morgan fingerprint density at radius 1 is 1.20 bits per heavy atom. The molecule has 1 aromatic carbocycles. The minimum absolute atomic E-state index is 0.0373. The molecular formula is C16H14F3N3O2S. The van der Waals surface area contributed by atoms with Crippen LogP contribution in [-0.4, -0.2) is 17.5 Å². The summed E-state index contributed by atoms with van der Waals surface area (Å²) in [6, 6.07) is 7.69. The maximum Gasteiger partial charge on any atom is 0.416 e. The third-order valence-corrected chi connectivity index (χ3v) is 3.85. The number of thiophene rings is 1. The Hall–Kier alpha value is -2.68. The highest BCUT2D eigenvalue weighted by molar-refractivity contribution is 7.12. The van der Waals surface area contributed by atoms with Crippen LogP contribution < -0.4 is 10.7 Å². The zero-order valence-electron chi connectivity index (χ0n) is 13.1. The number of benzene rings is 1. The molecular weight excluding hydrogens is 355 g/mol. The molecule has 2 N–H and O–H groups in total. The number of alkyl halides is 3. The molecule has 2 aromatic rings. The normalized spacial score (nSPS) is 11.9. The summed E-state index contributed by atoms with van der Waals surface area (Å²) in [6.07, 6.45) is -4.65. The first-order valence-corrected chi connectivity index (χ1v) is 7.98. The Kier molecular flexibility index (Phi) is 5.92. The standard InChI is InChI=1S/C16H14F3N3O2S/c1-10(21-22-15(24)13-6-3-7-25-13)8-14(23)20-12-5-2-4-11(9-12)16(17,18)19/h2-7,9H,8H2,1H3,(H,20,23)(H,22,24)/b21-10-. The van der Waals surface area contributed by atoms with Crippen molar-refractivity contribution < 1.29 is 22.8 Å². The first-order valence-electron chi connectivity index (χ1n) is 7.10. The molecule has 25 heavy (non-hydrogen) atoms. The number of hydrazone groups is 1. The number of hydrogen-bond donors (Lipinski definition) is 2. The monoisotopic (exact) mass is 369 g/mol. The fourth-order valence-electron chi connectivity index (χ4n) is 1.86. The first-order chi connectivity index (χ1) is 11.8. The van der Waals surface area contributed by atoms with Crippen molar-refractivity contribution in [3.05, 3.63) is 52.2 Å². The molecule has 0 unspecified atom stereocenters. The van der Waals surface area contributed by atoms with Gasteiger partial charge in [-0.15, -0.1) is 11.3 Å². The highest BCUT2D eigenvalue weighted by atomic mass is 32.1. The van der Waals surface area contributed by atoms with Crippen LogP contribution in [0.4, 0.5) is 18.9 Å². The molecule has 0 aliphatic rings. The fraction of sp³-hybridized carbons (Fsp3) is 0.188. The number of carbonyl (C=O) groups excluding carboxylic acids is 2. The van der Waals surface area contributed by atoms with Crippen LogP contribution in [0.25, 0.3) is 0 Å². The van der Waals surface area contributed by atoms with Crippen LogP contribution in [0, 0.1) is 0 Å². The van der Waals surface area contributed by atoms with Crippen molar-refractivity contribution in [3.8, 4) is 0 Å². The Balaban J connectivity index is 1.91. The topological polar surface area (TPSA) is 70.6 Å². The van der Waals surface area contributed by atoms with Gasteiger partial charge in [-0.2, -0.15) is 18.3 Å². The number of hydrogen-bond acceptors (Lipinski definition) is 4. The molecule has 9 heteroatoms. The zero-order chi connectivity index (χ0) is 18.4. The van der Waals surface area contributed by atoms with Gasteiger partial charge < -0.3 is 5.32 Å². The molecule has 0 saturated carbocycles. The lowest BCUT2D eigenvalue weighted by Gasteiger charge is -2.09. The highest BCUT2D eigenvalue weighted by Crippen LogP contribution is 2.30. The Bertz CT molecular complexity index is 786. The van der Waals surface area contributed by atoms with Gasteiger partial charge in [0.25, 0.3) is 5.91 Å². The Labute approximate surface area is 145 Å². The van der Waals surface area contributed by atoms with E-state index in [1.807, 2.05) is 0 Å². The van der Waals surface area contributed by atoms with Gasteiger partial charge in [-0.05, 0) is 36.6 Å². The summed E-state index contributed by atoms with van der Waals surface area (Å²) >= 11 is 1.25. The molecule has 0 aliphatic heterocycles. The molecule has 2 amide bonds. The van der Waals surface area contributed by atoms with Crippen molar-refractivity contribution in [2.45, 2.75) is 19.5 Å². The van der Waals surface area contributed by atoms with Crippen LogP contribution in [0.2, 0.25) is 0 Å². The predicted octanol–water partition coefficient (Wildman–Crippen LogP) is 3.90. The minimum atomic E-state index is -4.48. The lowest BCUT2D eigenvalue weighted by molar-refractivity contribution is -0.137. The van der Waals surface area contributed by atoms with E-state index in [1.54, 1.807) is 17.5 Å². The van der Waals surface area contributed by atoms with E-state index in [-0.39, 0.29) is 12.1 Å². The molecule has 1 aromatic heterocycles. The first kappa shape index (κ1) is 18.7. The third kappa shape index (κ3) is 5.71. The van der Waals surface area contributed by atoms with Crippen molar-refractivity contribution in [2.75, 3.05) is 5.32 Å². The van der Waals surface area contributed by atoms with E-state index in [4.69, 9.17) is 0 Å². The van der Waals surface area contributed by atoms with Gasteiger partial charge in [-0.25, -0.2) is 5.43 Å². The maximum atomic E-state index is 12.6. The second-order valence-electron chi connectivity index (χ2n) is 5.07. The summed E-state index contributed by atoms with van der Waals surface area (Å²) in [6.45, 7) is 1.53. The molecule has 0 radical (unpaired) electrons. The van der Waals surface area contributed by atoms with Gasteiger partial charge in [-0.3, -0.25) is 9.59 Å². The van der Waals surface area contributed by atoms with Gasteiger partial charge in [-0.1, -0.05) is 12.1 Å². The summed E-state index contributed by atoms with van der Waals surface area (Å²) in [4.78, 5) is 24.1. The van der Waals surface area contributed by atoms with Crippen LogP contribution >= 0.6 is 11.3 Å².